The lowest BCUT2D eigenvalue weighted by molar-refractivity contribution is -0.0193. The lowest BCUT2D eigenvalue weighted by atomic mass is 9.85. The van der Waals surface area contributed by atoms with Crippen molar-refractivity contribution in [3.05, 3.63) is 53.6 Å². The number of nitrogens with zero attached hydrogens (tertiary/aromatic N) is 3. The number of fused-ring (bicyclic) bond motifs is 1. The smallest absolute Gasteiger partial charge is 0.182 e. The first-order chi connectivity index (χ1) is 15.1. The van der Waals surface area contributed by atoms with Crippen LogP contribution in [0.1, 0.15) is 36.4 Å². The number of anilines is 1. The second-order valence-corrected chi connectivity index (χ2v) is 8.15. The van der Waals surface area contributed by atoms with Crippen LogP contribution >= 0.6 is 0 Å². The van der Waals surface area contributed by atoms with Gasteiger partial charge in [0.05, 0.1) is 34.6 Å². The van der Waals surface area contributed by atoms with E-state index < -0.39 is 5.82 Å². The second-order valence-electron chi connectivity index (χ2n) is 8.15. The van der Waals surface area contributed by atoms with Gasteiger partial charge in [0, 0.05) is 18.2 Å². The third-order valence-electron chi connectivity index (χ3n) is 6.15. The SMILES string of the molecule is N#Cc1c(N)ccc(F)c1Oc1ccc2ncc(C3COC4(CCNCC4)C3)nc2c1. The zero-order chi connectivity index (χ0) is 21.4. The monoisotopic (exact) mass is 419 g/mol. The van der Waals surface area contributed by atoms with Gasteiger partial charge in [-0.05, 0) is 56.6 Å². The summed E-state index contributed by atoms with van der Waals surface area (Å²) in [6.45, 7) is 2.58. The Hall–Kier alpha value is -3.28. The van der Waals surface area contributed by atoms with Gasteiger partial charge in [-0.3, -0.25) is 4.98 Å². The molecule has 1 atom stereocenters. The lowest BCUT2D eigenvalue weighted by Gasteiger charge is -2.32. The normalized spacial score (nSPS) is 20.1. The molecule has 2 fully saturated rings. The van der Waals surface area contributed by atoms with E-state index >= 15 is 0 Å². The summed E-state index contributed by atoms with van der Waals surface area (Å²) in [5.74, 6) is -0.294. The molecule has 2 aromatic carbocycles. The number of rotatable bonds is 3. The zero-order valence-corrected chi connectivity index (χ0v) is 16.9. The van der Waals surface area contributed by atoms with Gasteiger partial charge in [0.25, 0.3) is 0 Å². The van der Waals surface area contributed by atoms with E-state index in [0.717, 1.165) is 38.0 Å². The number of hydrogen-bond acceptors (Lipinski definition) is 7. The average Bonchev–Trinajstić information content (AvgIpc) is 3.19. The highest BCUT2D eigenvalue weighted by Gasteiger charge is 2.42. The molecule has 3 aromatic rings. The Kier molecular flexibility index (Phi) is 4.93. The van der Waals surface area contributed by atoms with Crippen molar-refractivity contribution in [1.82, 2.24) is 15.3 Å². The van der Waals surface area contributed by atoms with Crippen LogP contribution in [0, 0.1) is 17.1 Å². The molecule has 2 saturated heterocycles. The molecule has 0 aliphatic carbocycles. The van der Waals surface area contributed by atoms with Crippen LogP contribution in [-0.4, -0.2) is 35.3 Å². The minimum Gasteiger partial charge on any atom is -0.453 e. The van der Waals surface area contributed by atoms with Crippen LogP contribution in [0.5, 0.6) is 11.5 Å². The van der Waals surface area contributed by atoms with Crippen molar-refractivity contribution in [2.75, 3.05) is 25.4 Å². The van der Waals surface area contributed by atoms with Crippen LogP contribution < -0.4 is 15.8 Å². The van der Waals surface area contributed by atoms with Crippen LogP contribution in [0.15, 0.2) is 36.5 Å². The highest BCUT2D eigenvalue weighted by molar-refractivity contribution is 5.76. The van der Waals surface area contributed by atoms with Gasteiger partial charge < -0.3 is 20.5 Å². The molecule has 7 nitrogen and oxygen atoms in total. The highest BCUT2D eigenvalue weighted by Crippen LogP contribution is 2.41. The van der Waals surface area contributed by atoms with E-state index in [0.29, 0.717) is 23.4 Å². The van der Waals surface area contributed by atoms with Crippen LogP contribution in [0.4, 0.5) is 10.1 Å². The number of benzene rings is 2. The minimum atomic E-state index is -0.652. The third-order valence-corrected chi connectivity index (χ3v) is 6.15. The molecular weight excluding hydrogens is 397 g/mol. The van der Waals surface area contributed by atoms with Crippen molar-refractivity contribution in [3.63, 3.8) is 0 Å². The number of piperidine rings is 1. The summed E-state index contributed by atoms with van der Waals surface area (Å²) in [4.78, 5) is 9.34. The van der Waals surface area contributed by atoms with Crippen molar-refractivity contribution < 1.29 is 13.9 Å². The lowest BCUT2D eigenvalue weighted by Crippen LogP contribution is -2.41. The Labute approximate surface area is 179 Å². The molecule has 2 aliphatic rings. The fourth-order valence-corrected chi connectivity index (χ4v) is 4.44. The number of nitrogen functional groups attached to an aromatic ring is 1. The number of halogens is 1. The Morgan fingerprint density at radius 1 is 1.23 bits per heavy atom. The first-order valence-corrected chi connectivity index (χ1v) is 10.3. The number of nitrogens with one attached hydrogen (secondary N) is 1. The zero-order valence-electron chi connectivity index (χ0n) is 16.9. The van der Waals surface area contributed by atoms with Crippen molar-refractivity contribution in [1.29, 1.82) is 5.26 Å². The number of nitrogens with two attached hydrogens (primary N) is 1. The van der Waals surface area contributed by atoms with E-state index in [1.165, 1.54) is 12.1 Å². The maximum absolute atomic E-state index is 14.3. The molecule has 1 unspecified atom stereocenters. The van der Waals surface area contributed by atoms with E-state index in [1.54, 1.807) is 18.2 Å². The van der Waals surface area contributed by atoms with E-state index in [-0.39, 0.29) is 28.5 Å². The molecule has 158 valence electrons. The van der Waals surface area contributed by atoms with Gasteiger partial charge in [0.1, 0.15) is 17.4 Å². The molecule has 31 heavy (non-hydrogen) atoms. The predicted octanol–water partition coefficient (Wildman–Crippen LogP) is 3.64. The molecule has 1 aromatic heterocycles. The summed E-state index contributed by atoms with van der Waals surface area (Å²) in [5, 5.41) is 12.7. The summed E-state index contributed by atoms with van der Waals surface area (Å²) < 4.78 is 26.2. The van der Waals surface area contributed by atoms with E-state index in [4.69, 9.17) is 20.2 Å². The topological polar surface area (TPSA) is 106 Å². The Morgan fingerprint density at radius 3 is 2.87 bits per heavy atom. The van der Waals surface area contributed by atoms with Crippen LogP contribution in [-0.2, 0) is 4.74 Å². The Bertz CT molecular complexity index is 1190. The molecule has 3 heterocycles. The Morgan fingerprint density at radius 2 is 2.06 bits per heavy atom. The van der Waals surface area contributed by atoms with Crippen molar-refractivity contribution in [2.24, 2.45) is 0 Å². The van der Waals surface area contributed by atoms with Gasteiger partial charge in [-0.1, -0.05) is 0 Å². The van der Waals surface area contributed by atoms with Crippen LogP contribution in [0.25, 0.3) is 11.0 Å². The highest BCUT2D eigenvalue weighted by atomic mass is 19.1. The van der Waals surface area contributed by atoms with E-state index in [2.05, 4.69) is 10.3 Å². The fourth-order valence-electron chi connectivity index (χ4n) is 4.44. The molecule has 2 aliphatic heterocycles. The fraction of sp³-hybridized carbons (Fsp3) is 0.348. The van der Waals surface area contributed by atoms with Gasteiger partial charge in [0.15, 0.2) is 11.6 Å². The number of aromatic nitrogens is 2. The first kappa shape index (κ1) is 19.7. The second kappa shape index (κ2) is 7.76. The Balaban J connectivity index is 1.43. The molecule has 0 bridgehead atoms. The first-order valence-electron chi connectivity index (χ1n) is 10.3. The standard InChI is InChI=1S/C23H22FN5O2/c24-17-2-3-18(26)16(11-25)22(17)31-15-1-4-19-20(9-15)29-21(12-28-19)14-10-23(30-13-14)5-7-27-8-6-23/h1-4,9,12,14,27H,5-8,10,13,26H2. The van der Waals surface area contributed by atoms with E-state index in [1.807, 2.05) is 12.3 Å². The van der Waals surface area contributed by atoms with Gasteiger partial charge in [-0.15, -0.1) is 0 Å². The van der Waals surface area contributed by atoms with Crippen molar-refractivity contribution >= 4 is 16.7 Å². The van der Waals surface area contributed by atoms with E-state index in [9.17, 15) is 9.65 Å². The predicted molar refractivity (Wildman–Crippen MR) is 113 cm³/mol. The molecule has 8 heteroatoms. The average molecular weight is 419 g/mol. The summed E-state index contributed by atoms with van der Waals surface area (Å²) in [5.41, 5.74) is 8.09. The summed E-state index contributed by atoms with van der Waals surface area (Å²) in [7, 11) is 0. The van der Waals surface area contributed by atoms with Crippen LogP contribution in [0.3, 0.4) is 0 Å². The van der Waals surface area contributed by atoms with Gasteiger partial charge in [0.2, 0.25) is 0 Å². The summed E-state index contributed by atoms with van der Waals surface area (Å²) in [6.07, 6.45) is 4.76. The minimum absolute atomic E-state index is 0.0321. The maximum atomic E-state index is 14.3. The third kappa shape index (κ3) is 3.67. The number of hydrogen-bond donors (Lipinski definition) is 2. The van der Waals surface area contributed by atoms with Crippen LogP contribution in [0.2, 0.25) is 0 Å². The van der Waals surface area contributed by atoms with Gasteiger partial charge in [-0.25, -0.2) is 9.37 Å². The number of nitriles is 1. The molecule has 5 rings (SSSR count). The van der Waals surface area contributed by atoms with Gasteiger partial charge in [-0.2, -0.15) is 5.26 Å². The quantitative estimate of drug-likeness (QED) is 0.624. The summed E-state index contributed by atoms with van der Waals surface area (Å²) >= 11 is 0. The van der Waals surface area contributed by atoms with Crippen molar-refractivity contribution in [2.45, 2.75) is 30.8 Å². The molecular formula is C23H22FN5O2. The summed E-state index contributed by atoms with van der Waals surface area (Å²) in [6, 6.07) is 9.56. The largest absolute Gasteiger partial charge is 0.453 e. The van der Waals surface area contributed by atoms with Crippen molar-refractivity contribution in [3.8, 4) is 17.6 Å². The number of ether oxygens (including phenoxy) is 2. The maximum Gasteiger partial charge on any atom is 0.182 e. The molecule has 3 N–H and O–H groups in total. The molecule has 0 radical (unpaired) electrons. The van der Waals surface area contributed by atoms with Gasteiger partial charge >= 0.3 is 0 Å². The molecule has 0 saturated carbocycles. The molecule has 1 spiro atoms. The molecule has 0 amide bonds.